The summed E-state index contributed by atoms with van der Waals surface area (Å²) in [5, 5.41) is 29.5. The molecule has 0 aliphatic carbocycles. The molecule has 1 aliphatic rings. The number of hydrogen-bond acceptors (Lipinski definition) is 6. The molecule has 0 bridgehead atoms. The van der Waals surface area contributed by atoms with Gasteiger partial charge in [-0.2, -0.15) is 10.4 Å². The maximum absolute atomic E-state index is 11.4. The molecule has 7 heteroatoms. The fourth-order valence-corrected chi connectivity index (χ4v) is 2.10. The van der Waals surface area contributed by atoms with Crippen molar-refractivity contribution in [2.75, 3.05) is 18.5 Å². The van der Waals surface area contributed by atoms with Crippen molar-refractivity contribution in [3.8, 4) is 6.07 Å². The van der Waals surface area contributed by atoms with Gasteiger partial charge in [0.15, 0.2) is 5.82 Å². The normalized spacial score (nSPS) is 25.2. The van der Waals surface area contributed by atoms with Crippen LogP contribution in [-0.2, 0) is 9.53 Å². The first-order chi connectivity index (χ1) is 9.40. The summed E-state index contributed by atoms with van der Waals surface area (Å²) in [5.41, 5.74) is 0.751. The SMILES string of the molecule is Cc1nnc(NC2COCC2(C)C(=O)O)c(C#N)c1C. The Bertz CT molecular complexity index is 596. The van der Waals surface area contributed by atoms with Crippen molar-refractivity contribution in [3.63, 3.8) is 0 Å². The van der Waals surface area contributed by atoms with E-state index in [1.165, 1.54) is 0 Å². The molecule has 0 amide bonds. The summed E-state index contributed by atoms with van der Waals surface area (Å²) >= 11 is 0. The number of ether oxygens (including phenoxy) is 1. The Balaban J connectivity index is 2.34. The minimum absolute atomic E-state index is 0.125. The van der Waals surface area contributed by atoms with E-state index in [0.717, 1.165) is 5.56 Å². The third-order valence-electron chi connectivity index (χ3n) is 3.82. The van der Waals surface area contributed by atoms with Crippen LogP contribution in [0, 0.1) is 30.6 Å². The van der Waals surface area contributed by atoms with Crippen LogP contribution in [-0.4, -0.2) is 40.5 Å². The lowest BCUT2D eigenvalue weighted by molar-refractivity contribution is -0.148. The highest BCUT2D eigenvalue weighted by Crippen LogP contribution is 2.31. The molecule has 2 heterocycles. The van der Waals surface area contributed by atoms with Gasteiger partial charge in [0.2, 0.25) is 0 Å². The van der Waals surface area contributed by atoms with Crippen molar-refractivity contribution in [2.24, 2.45) is 5.41 Å². The number of nitrogens with zero attached hydrogens (tertiary/aromatic N) is 3. The van der Waals surface area contributed by atoms with Gasteiger partial charge in [-0.25, -0.2) is 0 Å². The highest BCUT2D eigenvalue weighted by atomic mass is 16.5. The first-order valence-electron chi connectivity index (χ1n) is 6.22. The number of nitrogens with one attached hydrogen (secondary N) is 1. The Morgan fingerprint density at radius 2 is 2.25 bits per heavy atom. The molecule has 2 N–H and O–H groups in total. The average molecular weight is 276 g/mol. The number of carboxylic acids is 1. The van der Waals surface area contributed by atoms with Crippen molar-refractivity contribution in [1.82, 2.24) is 10.2 Å². The molecular weight excluding hydrogens is 260 g/mol. The van der Waals surface area contributed by atoms with Gasteiger partial charge >= 0.3 is 5.97 Å². The van der Waals surface area contributed by atoms with Gasteiger partial charge in [0, 0.05) is 0 Å². The lowest BCUT2D eigenvalue weighted by Crippen LogP contribution is -2.43. The molecule has 0 saturated carbocycles. The van der Waals surface area contributed by atoms with Crippen LogP contribution in [0.25, 0.3) is 0 Å². The highest BCUT2D eigenvalue weighted by molar-refractivity contribution is 5.76. The summed E-state index contributed by atoms with van der Waals surface area (Å²) in [6.45, 7) is 5.55. The van der Waals surface area contributed by atoms with Crippen LogP contribution in [0.1, 0.15) is 23.7 Å². The first-order valence-corrected chi connectivity index (χ1v) is 6.22. The molecule has 1 aromatic heterocycles. The summed E-state index contributed by atoms with van der Waals surface area (Å²) in [5.74, 6) is -0.638. The van der Waals surface area contributed by atoms with Gasteiger partial charge in [0.25, 0.3) is 0 Å². The first kappa shape index (κ1) is 14.2. The number of anilines is 1. The molecule has 0 spiro atoms. The molecule has 1 fully saturated rings. The molecule has 1 aliphatic heterocycles. The summed E-state index contributed by atoms with van der Waals surface area (Å²) in [7, 11) is 0. The molecule has 1 saturated heterocycles. The fourth-order valence-electron chi connectivity index (χ4n) is 2.10. The number of nitriles is 1. The zero-order valence-electron chi connectivity index (χ0n) is 11.6. The fraction of sp³-hybridized carbons (Fsp3) is 0.538. The monoisotopic (exact) mass is 276 g/mol. The van der Waals surface area contributed by atoms with Crippen LogP contribution in [0.5, 0.6) is 0 Å². The number of aryl methyl sites for hydroxylation is 1. The number of carbonyl (C=O) groups is 1. The number of aliphatic carboxylic acids is 1. The predicted molar refractivity (Wildman–Crippen MR) is 70.2 cm³/mol. The summed E-state index contributed by atoms with van der Waals surface area (Å²) in [4.78, 5) is 11.4. The van der Waals surface area contributed by atoms with E-state index < -0.39 is 17.4 Å². The Morgan fingerprint density at radius 1 is 1.55 bits per heavy atom. The summed E-state index contributed by atoms with van der Waals surface area (Å²) in [6, 6.07) is 1.63. The van der Waals surface area contributed by atoms with Crippen molar-refractivity contribution in [1.29, 1.82) is 5.26 Å². The van der Waals surface area contributed by atoms with Crippen LogP contribution in [0.3, 0.4) is 0 Å². The largest absolute Gasteiger partial charge is 0.481 e. The van der Waals surface area contributed by atoms with E-state index in [4.69, 9.17) is 4.74 Å². The van der Waals surface area contributed by atoms with E-state index in [1.807, 2.05) is 0 Å². The van der Waals surface area contributed by atoms with Crippen LogP contribution in [0.2, 0.25) is 0 Å². The second kappa shape index (κ2) is 5.06. The number of rotatable bonds is 3. The summed E-state index contributed by atoms with van der Waals surface area (Å²) in [6.07, 6.45) is 0. The number of hydrogen-bond donors (Lipinski definition) is 2. The third kappa shape index (κ3) is 2.18. The molecule has 2 unspecified atom stereocenters. The second-order valence-electron chi connectivity index (χ2n) is 5.18. The van der Waals surface area contributed by atoms with Gasteiger partial charge in [-0.1, -0.05) is 0 Å². The minimum atomic E-state index is -1.05. The maximum atomic E-state index is 11.4. The molecule has 1 aromatic rings. The standard InChI is InChI=1S/C13H16N4O3/c1-7-8(2)16-17-11(9(7)4-14)15-10-5-20-6-13(10,3)12(18)19/h10H,5-6H2,1-3H3,(H,15,17)(H,18,19). The van der Waals surface area contributed by atoms with Crippen LogP contribution >= 0.6 is 0 Å². The van der Waals surface area contributed by atoms with E-state index in [1.54, 1.807) is 20.8 Å². The van der Waals surface area contributed by atoms with Crippen molar-refractivity contribution in [2.45, 2.75) is 26.8 Å². The van der Waals surface area contributed by atoms with E-state index in [0.29, 0.717) is 17.1 Å². The molecule has 20 heavy (non-hydrogen) atoms. The van der Waals surface area contributed by atoms with E-state index in [9.17, 15) is 15.2 Å². The van der Waals surface area contributed by atoms with Crippen molar-refractivity contribution < 1.29 is 14.6 Å². The smallest absolute Gasteiger partial charge is 0.313 e. The highest BCUT2D eigenvalue weighted by Gasteiger charge is 2.47. The third-order valence-corrected chi connectivity index (χ3v) is 3.82. The zero-order valence-corrected chi connectivity index (χ0v) is 11.6. The van der Waals surface area contributed by atoms with Gasteiger partial charge in [-0.3, -0.25) is 4.79 Å². The minimum Gasteiger partial charge on any atom is -0.481 e. The second-order valence-corrected chi connectivity index (χ2v) is 5.18. The van der Waals surface area contributed by atoms with Gasteiger partial charge < -0.3 is 15.2 Å². The molecule has 106 valence electrons. The predicted octanol–water partition coefficient (Wildman–Crippen LogP) is 0.867. The molecule has 7 nitrogen and oxygen atoms in total. The lowest BCUT2D eigenvalue weighted by atomic mass is 9.85. The Hall–Kier alpha value is -2.20. The molecule has 0 aromatic carbocycles. The molecular formula is C13H16N4O3. The maximum Gasteiger partial charge on any atom is 0.313 e. The van der Waals surface area contributed by atoms with Gasteiger partial charge in [-0.15, -0.1) is 5.10 Å². The number of aromatic nitrogens is 2. The van der Waals surface area contributed by atoms with Crippen LogP contribution in [0.4, 0.5) is 5.82 Å². The lowest BCUT2D eigenvalue weighted by Gasteiger charge is -2.26. The van der Waals surface area contributed by atoms with Crippen LogP contribution < -0.4 is 5.32 Å². The average Bonchev–Trinajstić information content (AvgIpc) is 2.77. The van der Waals surface area contributed by atoms with Crippen molar-refractivity contribution in [3.05, 3.63) is 16.8 Å². The van der Waals surface area contributed by atoms with E-state index in [-0.39, 0.29) is 13.2 Å². The van der Waals surface area contributed by atoms with Crippen LogP contribution in [0.15, 0.2) is 0 Å². The molecule has 2 atom stereocenters. The van der Waals surface area contributed by atoms with Gasteiger partial charge in [0.05, 0.1) is 24.9 Å². The summed E-state index contributed by atoms with van der Waals surface area (Å²) < 4.78 is 5.26. The molecule has 2 rings (SSSR count). The van der Waals surface area contributed by atoms with E-state index in [2.05, 4.69) is 21.6 Å². The van der Waals surface area contributed by atoms with E-state index >= 15 is 0 Å². The quantitative estimate of drug-likeness (QED) is 0.843. The number of carboxylic acid groups (broad SMARTS) is 1. The Kier molecular flexibility index (Phi) is 3.59. The zero-order chi connectivity index (χ0) is 14.9. The molecule has 0 radical (unpaired) electrons. The van der Waals surface area contributed by atoms with Gasteiger partial charge in [0.1, 0.15) is 17.0 Å². The Labute approximate surface area is 116 Å². The Morgan fingerprint density at radius 3 is 2.85 bits per heavy atom. The topological polar surface area (TPSA) is 108 Å². The van der Waals surface area contributed by atoms with Crippen molar-refractivity contribution >= 4 is 11.8 Å². The van der Waals surface area contributed by atoms with Gasteiger partial charge in [-0.05, 0) is 26.3 Å².